The zero-order valence-corrected chi connectivity index (χ0v) is 11.5. The molecule has 1 atom stereocenters. The van der Waals surface area contributed by atoms with Crippen molar-refractivity contribution in [2.45, 2.75) is 32.2 Å². The molecule has 1 saturated carbocycles. The third-order valence-corrected chi connectivity index (χ3v) is 4.32. The molecule has 1 saturated heterocycles. The number of nitrogens with zero attached hydrogens (tertiary/aromatic N) is 2. The number of rotatable bonds is 4. The average Bonchev–Trinajstić information content (AvgIpc) is 3.17. The normalized spacial score (nSPS) is 23.3. The highest BCUT2D eigenvalue weighted by Crippen LogP contribution is 2.31. The topological polar surface area (TPSA) is 39.1 Å². The van der Waals surface area contributed by atoms with E-state index in [1.165, 1.54) is 38.0 Å². The summed E-state index contributed by atoms with van der Waals surface area (Å²) in [5.74, 6) is 0.774. The van der Waals surface area contributed by atoms with E-state index in [0.717, 1.165) is 29.6 Å². The molecule has 1 aromatic rings. The first kappa shape index (κ1) is 12.5. The summed E-state index contributed by atoms with van der Waals surface area (Å²) in [6.45, 7) is 5.65. The fourth-order valence-electron chi connectivity index (χ4n) is 2.99. The standard InChI is InChI=1S/C16H21N3/c1-12-8-13(9-17)2-5-16(12)18-10-14-6-7-19(11-14)15-3-4-15/h2,5,8,14-15,18H,3-4,6-7,10-11H2,1H3. The van der Waals surface area contributed by atoms with Crippen LogP contribution in [0.25, 0.3) is 0 Å². The summed E-state index contributed by atoms with van der Waals surface area (Å²) in [5.41, 5.74) is 3.07. The summed E-state index contributed by atoms with van der Waals surface area (Å²) >= 11 is 0. The second-order valence-corrected chi connectivity index (χ2v) is 5.90. The molecule has 0 bridgehead atoms. The molecule has 0 amide bonds. The van der Waals surface area contributed by atoms with Crippen molar-refractivity contribution in [1.82, 2.24) is 4.90 Å². The summed E-state index contributed by atoms with van der Waals surface area (Å²) in [6, 6.07) is 8.96. The molecule has 1 aromatic carbocycles. The third-order valence-electron chi connectivity index (χ3n) is 4.32. The molecule has 1 heterocycles. The lowest BCUT2D eigenvalue weighted by molar-refractivity contribution is 0.316. The maximum Gasteiger partial charge on any atom is 0.0991 e. The van der Waals surface area contributed by atoms with E-state index in [0.29, 0.717) is 0 Å². The van der Waals surface area contributed by atoms with Gasteiger partial charge in [-0.15, -0.1) is 0 Å². The highest BCUT2D eigenvalue weighted by atomic mass is 15.2. The molecule has 2 fully saturated rings. The first-order valence-corrected chi connectivity index (χ1v) is 7.25. The van der Waals surface area contributed by atoms with E-state index in [4.69, 9.17) is 5.26 Å². The number of benzene rings is 1. The number of likely N-dealkylation sites (tertiary alicyclic amines) is 1. The molecule has 1 aliphatic heterocycles. The van der Waals surface area contributed by atoms with Gasteiger partial charge in [-0.25, -0.2) is 0 Å². The Bertz CT molecular complexity index is 499. The Morgan fingerprint density at radius 3 is 2.89 bits per heavy atom. The van der Waals surface area contributed by atoms with Crippen molar-refractivity contribution < 1.29 is 0 Å². The number of aryl methyl sites for hydroxylation is 1. The molecule has 3 nitrogen and oxygen atoms in total. The maximum atomic E-state index is 8.87. The fourth-order valence-corrected chi connectivity index (χ4v) is 2.99. The molecule has 3 heteroatoms. The molecule has 1 N–H and O–H groups in total. The van der Waals surface area contributed by atoms with Crippen LogP contribution in [0.5, 0.6) is 0 Å². The number of hydrogen-bond acceptors (Lipinski definition) is 3. The summed E-state index contributed by atoms with van der Waals surface area (Å²) in [7, 11) is 0. The van der Waals surface area contributed by atoms with Crippen LogP contribution < -0.4 is 5.32 Å². The highest BCUT2D eigenvalue weighted by molar-refractivity contribution is 5.54. The van der Waals surface area contributed by atoms with Gasteiger partial charge in [0.1, 0.15) is 0 Å². The molecule has 3 rings (SSSR count). The Morgan fingerprint density at radius 1 is 1.37 bits per heavy atom. The van der Waals surface area contributed by atoms with Gasteiger partial charge in [0.25, 0.3) is 0 Å². The van der Waals surface area contributed by atoms with E-state index in [9.17, 15) is 0 Å². The summed E-state index contributed by atoms with van der Waals surface area (Å²) in [4.78, 5) is 2.65. The molecule has 1 unspecified atom stereocenters. The van der Waals surface area contributed by atoms with Crippen molar-refractivity contribution in [2.24, 2.45) is 5.92 Å². The molecule has 0 radical (unpaired) electrons. The number of nitriles is 1. The van der Waals surface area contributed by atoms with E-state index in [1.54, 1.807) is 0 Å². The molecule has 19 heavy (non-hydrogen) atoms. The number of hydrogen-bond donors (Lipinski definition) is 1. The van der Waals surface area contributed by atoms with Crippen molar-refractivity contribution >= 4 is 5.69 Å². The van der Waals surface area contributed by atoms with Crippen molar-refractivity contribution in [3.63, 3.8) is 0 Å². The molecular weight excluding hydrogens is 234 g/mol. The zero-order chi connectivity index (χ0) is 13.2. The van der Waals surface area contributed by atoms with Crippen LogP contribution in [0.2, 0.25) is 0 Å². The van der Waals surface area contributed by atoms with Gasteiger partial charge in [0.2, 0.25) is 0 Å². The van der Waals surface area contributed by atoms with Crippen LogP contribution in [0.1, 0.15) is 30.4 Å². The Hall–Kier alpha value is -1.53. The van der Waals surface area contributed by atoms with Crippen molar-refractivity contribution in [1.29, 1.82) is 5.26 Å². The van der Waals surface area contributed by atoms with Crippen LogP contribution in [0, 0.1) is 24.2 Å². The molecule has 1 aliphatic carbocycles. The van der Waals surface area contributed by atoms with E-state index in [-0.39, 0.29) is 0 Å². The Labute approximate surface area is 115 Å². The fraction of sp³-hybridized carbons (Fsp3) is 0.562. The van der Waals surface area contributed by atoms with Gasteiger partial charge in [-0.2, -0.15) is 5.26 Å². The van der Waals surface area contributed by atoms with Gasteiger partial charge in [0, 0.05) is 24.8 Å². The Balaban J connectivity index is 1.53. The monoisotopic (exact) mass is 255 g/mol. The summed E-state index contributed by atoms with van der Waals surface area (Å²) in [6.07, 6.45) is 4.14. The van der Waals surface area contributed by atoms with Crippen LogP contribution >= 0.6 is 0 Å². The first-order chi connectivity index (χ1) is 9.26. The van der Waals surface area contributed by atoms with Crippen LogP contribution in [-0.2, 0) is 0 Å². The van der Waals surface area contributed by atoms with Gasteiger partial charge in [0.05, 0.1) is 11.6 Å². The van der Waals surface area contributed by atoms with Crippen LogP contribution in [0.15, 0.2) is 18.2 Å². The molecule has 0 aromatic heterocycles. The van der Waals surface area contributed by atoms with Crippen molar-refractivity contribution in [3.8, 4) is 6.07 Å². The van der Waals surface area contributed by atoms with Gasteiger partial charge in [0.15, 0.2) is 0 Å². The number of nitrogens with one attached hydrogen (secondary N) is 1. The molecule has 0 spiro atoms. The predicted octanol–water partition coefficient (Wildman–Crippen LogP) is 2.76. The van der Waals surface area contributed by atoms with Gasteiger partial charge in [-0.05, 0) is 62.4 Å². The molecular formula is C16H21N3. The third kappa shape index (κ3) is 2.90. The van der Waals surface area contributed by atoms with E-state index < -0.39 is 0 Å². The van der Waals surface area contributed by atoms with Gasteiger partial charge in [-0.3, -0.25) is 0 Å². The highest BCUT2D eigenvalue weighted by Gasteiger charge is 2.34. The summed E-state index contributed by atoms with van der Waals surface area (Å²) < 4.78 is 0. The first-order valence-electron chi connectivity index (χ1n) is 7.25. The van der Waals surface area contributed by atoms with Crippen LogP contribution in [0.4, 0.5) is 5.69 Å². The van der Waals surface area contributed by atoms with Crippen molar-refractivity contribution in [3.05, 3.63) is 29.3 Å². The second kappa shape index (κ2) is 5.22. The largest absolute Gasteiger partial charge is 0.385 e. The minimum absolute atomic E-state index is 0.740. The van der Waals surface area contributed by atoms with Crippen LogP contribution in [-0.4, -0.2) is 30.6 Å². The smallest absolute Gasteiger partial charge is 0.0991 e. The van der Waals surface area contributed by atoms with E-state index in [2.05, 4.69) is 23.2 Å². The predicted molar refractivity (Wildman–Crippen MR) is 77.1 cm³/mol. The molecule has 2 aliphatic rings. The van der Waals surface area contributed by atoms with Crippen molar-refractivity contribution in [2.75, 3.05) is 25.0 Å². The van der Waals surface area contributed by atoms with E-state index >= 15 is 0 Å². The average molecular weight is 255 g/mol. The number of anilines is 1. The second-order valence-electron chi connectivity index (χ2n) is 5.90. The lowest BCUT2D eigenvalue weighted by atomic mass is 10.1. The van der Waals surface area contributed by atoms with Gasteiger partial charge in [-0.1, -0.05) is 0 Å². The minimum Gasteiger partial charge on any atom is -0.385 e. The zero-order valence-electron chi connectivity index (χ0n) is 11.5. The SMILES string of the molecule is Cc1cc(C#N)ccc1NCC1CCN(C2CC2)C1. The molecule has 100 valence electrons. The quantitative estimate of drug-likeness (QED) is 0.899. The lowest BCUT2D eigenvalue weighted by Crippen LogP contribution is -2.24. The van der Waals surface area contributed by atoms with E-state index in [1.807, 2.05) is 18.2 Å². The summed E-state index contributed by atoms with van der Waals surface area (Å²) in [5, 5.41) is 12.4. The lowest BCUT2D eigenvalue weighted by Gasteiger charge is -2.16. The van der Waals surface area contributed by atoms with Gasteiger partial charge < -0.3 is 10.2 Å². The van der Waals surface area contributed by atoms with Crippen LogP contribution in [0.3, 0.4) is 0 Å². The Morgan fingerprint density at radius 2 is 2.21 bits per heavy atom. The minimum atomic E-state index is 0.740. The van der Waals surface area contributed by atoms with Gasteiger partial charge >= 0.3 is 0 Å². The maximum absolute atomic E-state index is 8.87. The Kier molecular flexibility index (Phi) is 3.44.